The molecule has 0 saturated carbocycles. The highest BCUT2D eigenvalue weighted by atomic mass is 16.6. The summed E-state index contributed by atoms with van der Waals surface area (Å²) >= 11 is 0. The van der Waals surface area contributed by atoms with Crippen molar-refractivity contribution in [1.82, 2.24) is 9.88 Å². The molecular weight excluding hydrogens is 314 g/mol. The molecule has 3 rings (SSSR count). The molecule has 0 bridgehead atoms. The molecule has 25 heavy (non-hydrogen) atoms. The van der Waals surface area contributed by atoms with E-state index in [1.54, 1.807) is 11.1 Å². The van der Waals surface area contributed by atoms with Crippen LogP contribution in [0, 0.1) is 6.92 Å². The van der Waals surface area contributed by atoms with Gasteiger partial charge < -0.3 is 14.5 Å². The topological polar surface area (TPSA) is 45.7 Å². The van der Waals surface area contributed by atoms with Gasteiger partial charge in [0.15, 0.2) is 0 Å². The lowest BCUT2D eigenvalue weighted by Crippen LogP contribution is -2.49. The maximum atomic E-state index is 12.2. The van der Waals surface area contributed by atoms with Crippen LogP contribution in [0.2, 0.25) is 0 Å². The fourth-order valence-corrected chi connectivity index (χ4v) is 3.10. The molecule has 0 N–H and O–H groups in total. The predicted octanol–water partition coefficient (Wildman–Crippen LogP) is 3.28. The van der Waals surface area contributed by atoms with Gasteiger partial charge in [0.05, 0.1) is 6.61 Å². The van der Waals surface area contributed by atoms with Gasteiger partial charge >= 0.3 is 6.09 Å². The van der Waals surface area contributed by atoms with E-state index in [-0.39, 0.29) is 6.09 Å². The third-order valence-corrected chi connectivity index (χ3v) is 4.52. The van der Waals surface area contributed by atoms with Crippen molar-refractivity contribution in [2.24, 2.45) is 0 Å². The van der Waals surface area contributed by atoms with Crippen LogP contribution >= 0.6 is 0 Å². The zero-order valence-corrected chi connectivity index (χ0v) is 14.7. The number of amides is 1. The van der Waals surface area contributed by atoms with Gasteiger partial charge in [0, 0.05) is 43.8 Å². The number of para-hydroxylation sites is 1. The Labute approximate surface area is 149 Å². The molecule has 2 aromatic rings. The molecular formula is C20H25N3O2. The second kappa shape index (κ2) is 8.51. The second-order valence-corrected chi connectivity index (χ2v) is 6.30. The Bertz CT molecular complexity index is 682. The zero-order valence-electron chi connectivity index (χ0n) is 14.7. The minimum Gasteiger partial charge on any atom is -0.449 e. The number of hydrogen-bond donors (Lipinski definition) is 0. The molecule has 132 valence electrons. The van der Waals surface area contributed by atoms with Crippen LogP contribution in [0.4, 0.5) is 10.5 Å². The molecule has 1 saturated heterocycles. The lowest BCUT2D eigenvalue weighted by Gasteiger charge is -2.36. The Morgan fingerprint density at radius 2 is 1.84 bits per heavy atom. The summed E-state index contributed by atoms with van der Waals surface area (Å²) in [6.07, 6.45) is 3.21. The number of hydrogen-bond acceptors (Lipinski definition) is 4. The van der Waals surface area contributed by atoms with Crippen LogP contribution in [0.3, 0.4) is 0 Å². The number of rotatable bonds is 5. The van der Waals surface area contributed by atoms with Crippen molar-refractivity contribution in [2.75, 3.05) is 37.7 Å². The van der Waals surface area contributed by atoms with E-state index < -0.39 is 0 Å². The molecule has 0 unspecified atom stereocenters. The van der Waals surface area contributed by atoms with E-state index in [1.165, 1.54) is 11.3 Å². The summed E-state index contributed by atoms with van der Waals surface area (Å²) in [7, 11) is 0. The molecule has 0 aliphatic carbocycles. The number of anilines is 1. The molecule has 1 aromatic heterocycles. The normalized spacial score (nSPS) is 14.4. The van der Waals surface area contributed by atoms with Crippen molar-refractivity contribution in [3.8, 4) is 0 Å². The smallest absolute Gasteiger partial charge is 0.409 e. The third kappa shape index (κ3) is 4.72. The summed E-state index contributed by atoms with van der Waals surface area (Å²) in [5.41, 5.74) is 3.56. The van der Waals surface area contributed by atoms with Gasteiger partial charge in [-0.2, -0.15) is 0 Å². The summed E-state index contributed by atoms with van der Waals surface area (Å²) in [5, 5.41) is 0. The first-order valence-electron chi connectivity index (χ1n) is 8.86. The number of piperazine rings is 1. The molecule has 1 aliphatic rings. The number of carbonyl (C=O) groups excluding carboxylic acids is 1. The lowest BCUT2D eigenvalue weighted by molar-refractivity contribution is 0.0991. The summed E-state index contributed by atoms with van der Waals surface area (Å²) in [6.45, 7) is 5.65. The van der Waals surface area contributed by atoms with E-state index >= 15 is 0 Å². The third-order valence-electron chi connectivity index (χ3n) is 4.52. The molecule has 0 radical (unpaired) electrons. The van der Waals surface area contributed by atoms with Crippen LogP contribution in [0.15, 0.2) is 48.7 Å². The maximum Gasteiger partial charge on any atom is 0.409 e. The Hall–Kier alpha value is -2.56. The minimum atomic E-state index is -0.203. The quantitative estimate of drug-likeness (QED) is 0.784. The Morgan fingerprint density at radius 1 is 1.08 bits per heavy atom. The summed E-state index contributed by atoms with van der Waals surface area (Å²) in [5.74, 6) is 0. The number of aryl methyl sites for hydroxylation is 2. The average Bonchev–Trinajstić information content (AvgIpc) is 2.66. The highest BCUT2D eigenvalue weighted by Gasteiger charge is 2.22. The second-order valence-electron chi connectivity index (χ2n) is 6.30. The first-order valence-corrected chi connectivity index (χ1v) is 8.86. The molecule has 1 aromatic carbocycles. The zero-order chi connectivity index (χ0) is 17.5. The van der Waals surface area contributed by atoms with Gasteiger partial charge in [0.1, 0.15) is 0 Å². The molecule has 1 fully saturated rings. The van der Waals surface area contributed by atoms with Crippen molar-refractivity contribution in [1.29, 1.82) is 0 Å². The fourth-order valence-electron chi connectivity index (χ4n) is 3.10. The van der Waals surface area contributed by atoms with Gasteiger partial charge in [-0.1, -0.05) is 24.3 Å². The predicted molar refractivity (Wildman–Crippen MR) is 98.9 cm³/mol. The van der Waals surface area contributed by atoms with Gasteiger partial charge in [-0.3, -0.25) is 4.98 Å². The maximum absolute atomic E-state index is 12.2. The van der Waals surface area contributed by atoms with Crippen LogP contribution in [0.1, 0.15) is 17.7 Å². The molecule has 0 spiro atoms. The summed E-state index contributed by atoms with van der Waals surface area (Å²) in [6, 6.07) is 14.2. The van der Waals surface area contributed by atoms with E-state index in [1.807, 2.05) is 18.2 Å². The van der Waals surface area contributed by atoms with E-state index in [4.69, 9.17) is 4.74 Å². The van der Waals surface area contributed by atoms with E-state index in [0.717, 1.165) is 31.6 Å². The monoisotopic (exact) mass is 339 g/mol. The summed E-state index contributed by atoms with van der Waals surface area (Å²) in [4.78, 5) is 20.6. The highest BCUT2D eigenvalue weighted by Crippen LogP contribution is 2.20. The van der Waals surface area contributed by atoms with Crippen LogP contribution < -0.4 is 4.90 Å². The number of nitrogens with zero attached hydrogens (tertiary/aromatic N) is 3. The lowest BCUT2D eigenvalue weighted by atomic mass is 10.1. The van der Waals surface area contributed by atoms with Gasteiger partial charge in [-0.25, -0.2) is 4.79 Å². The summed E-state index contributed by atoms with van der Waals surface area (Å²) < 4.78 is 5.41. The van der Waals surface area contributed by atoms with Gasteiger partial charge in [-0.05, 0) is 43.5 Å². The Morgan fingerprint density at radius 3 is 2.56 bits per heavy atom. The van der Waals surface area contributed by atoms with Crippen LogP contribution in [-0.4, -0.2) is 48.8 Å². The van der Waals surface area contributed by atoms with Crippen LogP contribution in [-0.2, 0) is 11.2 Å². The fraction of sp³-hybridized carbons (Fsp3) is 0.400. The standard InChI is InChI=1S/C20H25N3O2/c1-17-7-2-3-10-19(17)22-12-14-23(15-13-22)20(24)25-16-6-9-18-8-4-5-11-21-18/h2-5,7-8,10-11H,6,9,12-16H2,1H3. The average molecular weight is 339 g/mol. The largest absolute Gasteiger partial charge is 0.449 e. The molecule has 1 amide bonds. The number of carbonyl (C=O) groups is 1. The molecule has 1 aliphatic heterocycles. The first-order chi connectivity index (χ1) is 12.2. The van der Waals surface area contributed by atoms with Crippen LogP contribution in [0.25, 0.3) is 0 Å². The van der Waals surface area contributed by atoms with Crippen molar-refractivity contribution < 1.29 is 9.53 Å². The van der Waals surface area contributed by atoms with Crippen LogP contribution in [0.5, 0.6) is 0 Å². The van der Waals surface area contributed by atoms with E-state index in [0.29, 0.717) is 19.7 Å². The van der Waals surface area contributed by atoms with Crippen molar-refractivity contribution in [3.05, 3.63) is 59.9 Å². The minimum absolute atomic E-state index is 0.203. The molecule has 0 atom stereocenters. The van der Waals surface area contributed by atoms with Crippen molar-refractivity contribution >= 4 is 11.8 Å². The Balaban J connectivity index is 1.39. The first kappa shape index (κ1) is 17.3. The number of aromatic nitrogens is 1. The molecule has 5 heteroatoms. The highest BCUT2D eigenvalue weighted by molar-refractivity contribution is 5.68. The Kier molecular flexibility index (Phi) is 5.88. The van der Waals surface area contributed by atoms with Crippen molar-refractivity contribution in [3.63, 3.8) is 0 Å². The number of ether oxygens (including phenoxy) is 1. The van der Waals surface area contributed by atoms with E-state index in [9.17, 15) is 4.79 Å². The molecule has 5 nitrogen and oxygen atoms in total. The van der Waals surface area contributed by atoms with Gasteiger partial charge in [0.25, 0.3) is 0 Å². The van der Waals surface area contributed by atoms with E-state index in [2.05, 4.69) is 41.1 Å². The van der Waals surface area contributed by atoms with Crippen molar-refractivity contribution in [2.45, 2.75) is 19.8 Å². The number of benzene rings is 1. The number of pyridine rings is 1. The SMILES string of the molecule is Cc1ccccc1N1CCN(C(=O)OCCCc2ccccn2)CC1. The van der Waals surface area contributed by atoms with Gasteiger partial charge in [-0.15, -0.1) is 0 Å². The van der Waals surface area contributed by atoms with Gasteiger partial charge in [0.2, 0.25) is 0 Å². The molecule has 2 heterocycles.